The summed E-state index contributed by atoms with van der Waals surface area (Å²) < 4.78 is 20.4. The van der Waals surface area contributed by atoms with Crippen molar-refractivity contribution in [2.75, 3.05) is 0 Å². The largest absolute Gasteiger partial charge is 0.444 e. The van der Waals surface area contributed by atoms with Crippen LogP contribution < -0.4 is 5.32 Å². The number of carbonyl (C=O) groups is 2. The van der Waals surface area contributed by atoms with Crippen molar-refractivity contribution in [1.29, 1.82) is 5.26 Å². The third kappa shape index (κ3) is 5.62. The molecule has 1 heterocycles. The molecule has 2 bridgehead atoms. The van der Waals surface area contributed by atoms with E-state index >= 15 is 0 Å². The van der Waals surface area contributed by atoms with Crippen LogP contribution in [0.15, 0.2) is 47.4 Å². The molecule has 0 aromatic heterocycles. The molecular weight excluding hydrogens is 465 g/mol. The SMILES string of the molecule is CC(C)(C)OC(=O)N1[C@@H]2CCC(C2)[C@H]1C(=O)NC(C#N)Cc1ccc(-c2cccc(S)c2)cc1F. The topological polar surface area (TPSA) is 82.4 Å². The number of carbonyl (C=O) groups excluding carboxylic acids is 2. The molecule has 4 rings (SSSR count). The van der Waals surface area contributed by atoms with Crippen molar-refractivity contribution in [3.63, 3.8) is 0 Å². The summed E-state index contributed by atoms with van der Waals surface area (Å²) >= 11 is 4.33. The Morgan fingerprint density at radius 1 is 1.23 bits per heavy atom. The van der Waals surface area contributed by atoms with Crippen molar-refractivity contribution in [2.24, 2.45) is 5.92 Å². The first-order chi connectivity index (χ1) is 16.6. The highest BCUT2D eigenvalue weighted by molar-refractivity contribution is 7.80. The molecule has 1 aliphatic carbocycles. The minimum Gasteiger partial charge on any atom is -0.444 e. The van der Waals surface area contributed by atoms with Crippen LogP contribution in [0.1, 0.15) is 45.6 Å². The van der Waals surface area contributed by atoms with Gasteiger partial charge in [0.1, 0.15) is 23.5 Å². The van der Waals surface area contributed by atoms with Gasteiger partial charge in [0.15, 0.2) is 0 Å². The maximum absolute atomic E-state index is 14.9. The lowest BCUT2D eigenvalue weighted by atomic mass is 9.97. The van der Waals surface area contributed by atoms with Crippen LogP contribution in [0, 0.1) is 23.1 Å². The Morgan fingerprint density at radius 3 is 2.63 bits per heavy atom. The summed E-state index contributed by atoms with van der Waals surface area (Å²) in [4.78, 5) is 28.4. The van der Waals surface area contributed by atoms with Crippen LogP contribution >= 0.6 is 12.6 Å². The molecular formula is C27H30FN3O3S. The van der Waals surface area contributed by atoms with Crippen LogP contribution in [0.25, 0.3) is 11.1 Å². The van der Waals surface area contributed by atoms with E-state index in [4.69, 9.17) is 4.74 Å². The number of ether oxygens (including phenoxy) is 1. The molecule has 2 aromatic carbocycles. The van der Waals surface area contributed by atoms with Gasteiger partial charge in [0.25, 0.3) is 0 Å². The summed E-state index contributed by atoms with van der Waals surface area (Å²) in [5.74, 6) is -0.806. The van der Waals surface area contributed by atoms with Crippen LogP contribution in [0.3, 0.4) is 0 Å². The molecule has 2 unspecified atom stereocenters. The van der Waals surface area contributed by atoms with Crippen molar-refractivity contribution in [3.05, 3.63) is 53.8 Å². The molecule has 1 saturated carbocycles. The molecule has 2 aromatic rings. The van der Waals surface area contributed by atoms with E-state index in [1.54, 1.807) is 32.9 Å². The van der Waals surface area contributed by atoms with Crippen molar-refractivity contribution in [3.8, 4) is 17.2 Å². The van der Waals surface area contributed by atoms with Gasteiger partial charge in [0.2, 0.25) is 5.91 Å². The number of hydrogen-bond donors (Lipinski definition) is 2. The highest BCUT2D eigenvalue weighted by Gasteiger charge is 2.52. The normalized spacial score (nSPS) is 21.9. The first-order valence-corrected chi connectivity index (χ1v) is 12.3. The Kier molecular flexibility index (Phi) is 7.09. The first kappa shape index (κ1) is 25.1. The number of piperidine rings is 1. The zero-order valence-electron chi connectivity index (χ0n) is 20.1. The lowest BCUT2D eigenvalue weighted by Crippen LogP contribution is -2.55. The second-order valence-corrected chi connectivity index (χ2v) is 10.8. The van der Waals surface area contributed by atoms with Crippen molar-refractivity contribution in [1.82, 2.24) is 10.2 Å². The van der Waals surface area contributed by atoms with E-state index in [0.717, 1.165) is 29.7 Å². The Bertz CT molecular complexity index is 1170. The predicted octanol–water partition coefficient (Wildman–Crippen LogP) is 5.12. The number of rotatable bonds is 5. The third-order valence-corrected chi connectivity index (χ3v) is 6.87. The van der Waals surface area contributed by atoms with Crippen molar-refractivity contribution in [2.45, 2.75) is 75.1 Å². The lowest BCUT2D eigenvalue weighted by Gasteiger charge is -2.35. The number of hydrogen-bond acceptors (Lipinski definition) is 5. The van der Waals surface area contributed by atoms with Gasteiger partial charge in [-0.25, -0.2) is 9.18 Å². The van der Waals surface area contributed by atoms with Gasteiger partial charge in [-0.05, 0) is 80.8 Å². The number of nitriles is 1. The summed E-state index contributed by atoms with van der Waals surface area (Å²) in [5.41, 5.74) is 1.20. The van der Waals surface area contributed by atoms with Crippen LogP contribution in [-0.4, -0.2) is 40.6 Å². The second-order valence-electron chi connectivity index (χ2n) is 10.3. The fraction of sp³-hybridized carbons (Fsp3) is 0.444. The van der Waals surface area contributed by atoms with Crippen LogP contribution in [0.2, 0.25) is 0 Å². The molecule has 6 nitrogen and oxygen atoms in total. The molecule has 1 N–H and O–H groups in total. The number of benzene rings is 2. The van der Waals surface area contributed by atoms with E-state index < -0.39 is 35.5 Å². The quantitative estimate of drug-likeness (QED) is 0.564. The van der Waals surface area contributed by atoms with Gasteiger partial charge in [0.05, 0.1) is 6.07 Å². The van der Waals surface area contributed by atoms with E-state index in [9.17, 15) is 19.2 Å². The summed E-state index contributed by atoms with van der Waals surface area (Å²) in [6.07, 6.45) is 1.95. The van der Waals surface area contributed by atoms with Crippen molar-refractivity contribution < 1.29 is 18.7 Å². The Balaban J connectivity index is 1.46. The van der Waals surface area contributed by atoms with Crippen LogP contribution in [-0.2, 0) is 16.0 Å². The first-order valence-electron chi connectivity index (χ1n) is 11.8. The molecule has 4 atom stereocenters. The molecule has 0 radical (unpaired) electrons. The number of likely N-dealkylation sites (tertiary alicyclic amines) is 1. The summed E-state index contributed by atoms with van der Waals surface area (Å²) in [5, 5.41) is 12.4. The smallest absolute Gasteiger partial charge is 0.411 e. The Labute approximate surface area is 210 Å². The third-order valence-electron chi connectivity index (χ3n) is 6.59. The number of nitrogens with one attached hydrogen (secondary N) is 1. The van der Waals surface area contributed by atoms with Gasteiger partial charge in [-0.3, -0.25) is 9.69 Å². The number of halogens is 1. The van der Waals surface area contributed by atoms with Crippen LogP contribution in [0.4, 0.5) is 9.18 Å². The molecule has 184 valence electrons. The zero-order chi connectivity index (χ0) is 25.3. The molecule has 2 aliphatic rings. The van der Waals surface area contributed by atoms with E-state index in [-0.39, 0.29) is 18.4 Å². The number of amides is 2. The predicted molar refractivity (Wildman–Crippen MR) is 133 cm³/mol. The minimum atomic E-state index is -0.928. The summed E-state index contributed by atoms with van der Waals surface area (Å²) in [7, 11) is 0. The van der Waals surface area contributed by atoms with E-state index in [1.807, 2.05) is 24.3 Å². The maximum atomic E-state index is 14.9. The maximum Gasteiger partial charge on any atom is 0.411 e. The number of nitrogens with zero attached hydrogens (tertiary/aromatic N) is 2. The fourth-order valence-electron chi connectivity index (χ4n) is 5.09. The molecule has 0 spiro atoms. The van der Waals surface area contributed by atoms with E-state index in [0.29, 0.717) is 11.1 Å². The van der Waals surface area contributed by atoms with E-state index in [2.05, 4.69) is 24.0 Å². The molecule has 1 aliphatic heterocycles. The van der Waals surface area contributed by atoms with Crippen molar-refractivity contribution >= 4 is 24.6 Å². The zero-order valence-corrected chi connectivity index (χ0v) is 21.0. The Morgan fingerprint density at radius 2 is 1.97 bits per heavy atom. The van der Waals surface area contributed by atoms with Gasteiger partial charge in [-0.2, -0.15) is 5.26 Å². The monoisotopic (exact) mass is 495 g/mol. The highest BCUT2D eigenvalue weighted by atomic mass is 32.1. The molecule has 1 saturated heterocycles. The van der Waals surface area contributed by atoms with Crippen LogP contribution in [0.5, 0.6) is 0 Å². The summed E-state index contributed by atoms with van der Waals surface area (Å²) in [6.45, 7) is 5.36. The molecule has 2 fully saturated rings. The van der Waals surface area contributed by atoms with Gasteiger partial charge in [0, 0.05) is 17.4 Å². The second kappa shape index (κ2) is 9.90. The molecule has 2 amide bonds. The molecule has 8 heteroatoms. The number of fused-ring (bicyclic) bond motifs is 2. The van der Waals surface area contributed by atoms with Gasteiger partial charge >= 0.3 is 6.09 Å². The fourth-order valence-corrected chi connectivity index (χ4v) is 5.31. The number of thiol groups is 1. The van der Waals surface area contributed by atoms with Gasteiger partial charge in [-0.15, -0.1) is 12.6 Å². The minimum absolute atomic E-state index is 0.0220. The highest BCUT2D eigenvalue weighted by Crippen LogP contribution is 2.43. The average Bonchev–Trinajstić information content (AvgIpc) is 3.40. The standard InChI is InChI=1S/C27H30FN3O3S/c1-27(2,3)34-26(33)31-21-10-9-19(12-21)24(31)25(32)30-20(15-29)11-18-8-7-17(14-23(18)28)16-5-4-6-22(35)13-16/h4-8,13-14,19-21,24,35H,9-12H2,1-3H3,(H,30,32)/t19?,20?,21-,24+/m1/s1. The lowest BCUT2D eigenvalue weighted by molar-refractivity contribution is -0.128. The summed E-state index contributed by atoms with van der Waals surface area (Å²) in [6, 6.07) is 12.7. The van der Waals surface area contributed by atoms with Gasteiger partial charge < -0.3 is 10.1 Å². The molecule has 35 heavy (non-hydrogen) atoms. The van der Waals surface area contributed by atoms with E-state index in [1.165, 1.54) is 11.0 Å². The Hall–Kier alpha value is -3.05. The average molecular weight is 496 g/mol. The van der Waals surface area contributed by atoms with Gasteiger partial charge in [-0.1, -0.05) is 24.3 Å².